The highest BCUT2D eigenvalue weighted by atomic mass is 32.1. The molecule has 5 heterocycles. The average Bonchev–Trinajstić information content (AvgIpc) is 3.00. The highest BCUT2D eigenvalue weighted by Gasteiger charge is 2.40. The van der Waals surface area contributed by atoms with Gasteiger partial charge in [-0.2, -0.15) is 0 Å². The van der Waals surface area contributed by atoms with Gasteiger partial charge in [-0.05, 0) is 44.8 Å². The first-order valence-corrected chi connectivity index (χ1v) is 9.15. The van der Waals surface area contributed by atoms with Gasteiger partial charge in [0.2, 0.25) is 0 Å². The number of carbonyl (C=O) groups excluding carboxylic acids is 1. The molecule has 2 atom stereocenters. The van der Waals surface area contributed by atoms with E-state index in [1.54, 1.807) is 17.5 Å². The molecule has 3 saturated heterocycles. The number of thiophene rings is 1. The van der Waals surface area contributed by atoms with Gasteiger partial charge in [0.05, 0.1) is 10.4 Å². The average molecular weight is 330 g/mol. The van der Waals surface area contributed by atoms with Gasteiger partial charge in [0.15, 0.2) is 0 Å². The second-order valence-corrected chi connectivity index (χ2v) is 7.49. The summed E-state index contributed by atoms with van der Waals surface area (Å²) in [6.07, 6.45) is 4.18. The standard InChI is InChI=1S/C17H22N4OS/c1-10-16(11-3-5-21(10)6-4-11)20-17(22)13-7-12-14(18-2)9-23-15(12)8-19-13/h7-11,16,18H,3-6H2,1-2H3,(H,20,22)/t10-,16-/m0/s1. The van der Waals surface area contributed by atoms with Crippen LogP contribution in [0.15, 0.2) is 17.6 Å². The Morgan fingerprint density at radius 1 is 1.39 bits per heavy atom. The fourth-order valence-electron chi connectivity index (χ4n) is 4.02. The first-order valence-electron chi connectivity index (χ1n) is 8.27. The molecule has 0 spiro atoms. The molecule has 5 nitrogen and oxygen atoms in total. The number of hydrogen-bond acceptors (Lipinski definition) is 5. The molecule has 2 aromatic rings. The van der Waals surface area contributed by atoms with Gasteiger partial charge >= 0.3 is 0 Å². The number of anilines is 1. The van der Waals surface area contributed by atoms with Crippen LogP contribution < -0.4 is 10.6 Å². The summed E-state index contributed by atoms with van der Waals surface area (Å²) >= 11 is 1.64. The summed E-state index contributed by atoms with van der Waals surface area (Å²) in [7, 11) is 1.90. The molecule has 122 valence electrons. The summed E-state index contributed by atoms with van der Waals surface area (Å²) in [5.74, 6) is 0.558. The van der Waals surface area contributed by atoms with Gasteiger partial charge in [0, 0.05) is 36.1 Å². The predicted octanol–water partition coefficient (Wildman–Crippen LogP) is 2.55. The number of piperidine rings is 3. The summed E-state index contributed by atoms with van der Waals surface area (Å²) in [5.41, 5.74) is 1.56. The van der Waals surface area contributed by atoms with Crippen molar-refractivity contribution in [3.8, 4) is 0 Å². The van der Waals surface area contributed by atoms with Crippen molar-refractivity contribution in [2.75, 3.05) is 25.5 Å². The van der Waals surface area contributed by atoms with Gasteiger partial charge in [-0.3, -0.25) is 9.69 Å². The van der Waals surface area contributed by atoms with E-state index in [0.29, 0.717) is 17.7 Å². The van der Waals surface area contributed by atoms with E-state index in [1.165, 1.54) is 25.9 Å². The fraction of sp³-hybridized carbons (Fsp3) is 0.529. The number of fused-ring (bicyclic) bond motifs is 4. The van der Waals surface area contributed by atoms with Crippen molar-refractivity contribution in [1.29, 1.82) is 0 Å². The first kappa shape index (κ1) is 14.9. The zero-order valence-corrected chi connectivity index (χ0v) is 14.3. The lowest BCUT2D eigenvalue weighted by Crippen LogP contribution is -2.62. The van der Waals surface area contributed by atoms with Crippen LogP contribution in [0.3, 0.4) is 0 Å². The molecule has 23 heavy (non-hydrogen) atoms. The quantitative estimate of drug-likeness (QED) is 0.908. The minimum Gasteiger partial charge on any atom is -0.387 e. The molecular weight excluding hydrogens is 308 g/mol. The number of aromatic nitrogens is 1. The van der Waals surface area contributed by atoms with Crippen molar-refractivity contribution in [3.05, 3.63) is 23.3 Å². The Morgan fingerprint density at radius 3 is 2.87 bits per heavy atom. The van der Waals surface area contributed by atoms with Gasteiger partial charge in [-0.25, -0.2) is 4.98 Å². The van der Waals surface area contributed by atoms with E-state index >= 15 is 0 Å². The predicted molar refractivity (Wildman–Crippen MR) is 94.2 cm³/mol. The largest absolute Gasteiger partial charge is 0.387 e. The van der Waals surface area contributed by atoms with E-state index in [2.05, 4.69) is 32.8 Å². The Hall–Kier alpha value is -1.66. The van der Waals surface area contributed by atoms with Crippen LogP contribution in [0.5, 0.6) is 0 Å². The number of rotatable bonds is 3. The highest BCUT2D eigenvalue weighted by molar-refractivity contribution is 7.17. The van der Waals surface area contributed by atoms with Crippen molar-refractivity contribution in [2.24, 2.45) is 5.92 Å². The molecule has 2 aromatic heterocycles. The summed E-state index contributed by atoms with van der Waals surface area (Å²) in [6, 6.07) is 2.57. The molecule has 0 aromatic carbocycles. The zero-order valence-electron chi connectivity index (χ0n) is 13.5. The van der Waals surface area contributed by atoms with Gasteiger partial charge < -0.3 is 10.6 Å². The van der Waals surface area contributed by atoms with Gasteiger partial charge in [0.1, 0.15) is 5.69 Å². The summed E-state index contributed by atoms with van der Waals surface area (Å²) in [4.78, 5) is 19.5. The number of amides is 1. The lowest BCUT2D eigenvalue weighted by molar-refractivity contribution is 0.0216. The Morgan fingerprint density at radius 2 is 2.17 bits per heavy atom. The van der Waals surface area contributed by atoms with E-state index < -0.39 is 0 Å². The van der Waals surface area contributed by atoms with E-state index in [-0.39, 0.29) is 11.9 Å². The number of carbonyl (C=O) groups is 1. The SMILES string of the molecule is CNc1csc2cnc(C(=O)N[C@@H]3C4CCN(CC4)[C@H]3C)cc12. The Bertz CT molecular complexity index is 733. The van der Waals surface area contributed by atoms with E-state index in [9.17, 15) is 4.79 Å². The highest BCUT2D eigenvalue weighted by Crippen LogP contribution is 2.33. The number of pyridine rings is 1. The second kappa shape index (κ2) is 5.76. The molecule has 5 rings (SSSR count). The maximum atomic E-state index is 12.7. The molecule has 2 bridgehead atoms. The lowest BCUT2D eigenvalue weighted by atomic mass is 9.79. The topological polar surface area (TPSA) is 57.3 Å². The van der Waals surface area contributed by atoms with Crippen molar-refractivity contribution in [1.82, 2.24) is 15.2 Å². The molecule has 0 radical (unpaired) electrons. The number of nitrogens with zero attached hydrogens (tertiary/aromatic N) is 2. The van der Waals surface area contributed by atoms with Crippen LogP contribution in [0.25, 0.3) is 10.1 Å². The van der Waals surface area contributed by atoms with Crippen LogP contribution in [0, 0.1) is 5.92 Å². The third kappa shape index (κ3) is 2.50. The van der Waals surface area contributed by atoms with E-state index in [1.807, 2.05) is 13.1 Å². The molecule has 2 N–H and O–H groups in total. The maximum absolute atomic E-state index is 12.7. The van der Waals surface area contributed by atoms with Crippen molar-refractivity contribution < 1.29 is 4.79 Å². The van der Waals surface area contributed by atoms with Crippen LogP contribution >= 0.6 is 11.3 Å². The minimum absolute atomic E-state index is 0.0502. The molecule has 0 saturated carbocycles. The van der Waals surface area contributed by atoms with Crippen molar-refractivity contribution in [3.63, 3.8) is 0 Å². The molecule has 3 aliphatic rings. The maximum Gasteiger partial charge on any atom is 0.270 e. The van der Waals surface area contributed by atoms with Gasteiger partial charge in [0.25, 0.3) is 5.91 Å². The number of hydrogen-bond donors (Lipinski definition) is 2. The Balaban J connectivity index is 1.57. The minimum atomic E-state index is -0.0502. The van der Waals surface area contributed by atoms with E-state index in [4.69, 9.17) is 0 Å². The molecule has 0 aliphatic carbocycles. The van der Waals surface area contributed by atoms with Gasteiger partial charge in [-0.15, -0.1) is 11.3 Å². The van der Waals surface area contributed by atoms with Crippen LogP contribution in [-0.2, 0) is 0 Å². The molecular formula is C17H22N4OS. The molecule has 0 unspecified atom stereocenters. The molecule has 3 fully saturated rings. The normalized spacial score (nSPS) is 29.7. The smallest absolute Gasteiger partial charge is 0.270 e. The zero-order chi connectivity index (χ0) is 16.0. The van der Waals surface area contributed by atoms with Crippen molar-refractivity contribution in [2.45, 2.75) is 31.8 Å². The first-order chi connectivity index (χ1) is 11.2. The van der Waals surface area contributed by atoms with Crippen molar-refractivity contribution >= 4 is 33.0 Å². The van der Waals surface area contributed by atoms with Crippen LogP contribution in [0.4, 0.5) is 5.69 Å². The Labute approximate surface area is 140 Å². The monoisotopic (exact) mass is 330 g/mol. The fourth-order valence-corrected chi connectivity index (χ4v) is 4.92. The summed E-state index contributed by atoms with van der Waals surface area (Å²) in [6.45, 7) is 4.57. The third-order valence-corrected chi connectivity index (χ3v) is 6.37. The van der Waals surface area contributed by atoms with Crippen LogP contribution in [-0.4, -0.2) is 48.0 Å². The summed E-state index contributed by atoms with van der Waals surface area (Å²) in [5, 5.41) is 9.55. The molecule has 1 amide bonds. The second-order valence-electron chi connectivity index (χ2n) is 6.58. The number of nitrogens with one attached hydrogen (secondary N) is 2. The van der Waals surface area contributed by atoms with Gasteiger partial charge in [-0.1, -0.05) is 0 Å². The van der Waals surface area contributed by atoms with Crippen LogP contribution in [0.1, 0.15) is 30.3 Å². The molecule has 6 heteroatoms. The lowest BCUT2D eigenvalue weighted by Gasteiger charge is -2.49. The Kier molecular flexibility index (Phi) is 3.73. The summed E-state index contributed by atoms with van der Waals surface area (Å²) < 4.78 is 1.10. The van der Waals surface area contributed by atoms with E-state index in [0.717, 1.165) is 15.8 Å². The van der Waals surface area contributed by atoms with Crippen LogP contribution in [0.2, 0.25) is 0 Å². The third-order valence-electron chi connectivity index (χ3n) is 5.44. The molecule has 3 aliphatic heterocycles.